The molecule has 6 heteroatoms. The highest BCUT2D eigenvalue weighted by atomic mass is 16.5. The minimum Gasteiger partial charge on any atom is -0.383 e. The van der Waals surface area contributed by atoms with E-state index in [-0.39, 0.29) is 11.5 Å². The molecule has 1 unspecified atom stereocenters. The lowest BCUT2D eigenvalue weighted by molar-refractivity contribution is 0.0660. The van der Waals surface area contributed by atoms with Gasteiger partial charge in [0, 0.05) is 19.2 Å². The Morgan fingerprint density at radius 2 is 1.61 bits per heavy atom. The topological polar surface area (TPSA) is 64.4 Å². The van der Waals surface area contributed by atoms with E-state index in [9.17, 15) is 9.59 Å². The van der Waals surface area contributed by atoms with E-state index >= 15 is 0 Å². The minimum atomic E-state index is -0.452. The molecule has 0 radical (unpaired) electrons. The van der Waals surface area contributed by atoms with Gasteiger partial charge in [-0.3, -0.25) is 14.2 Å². The Morgan fingerprint density at radius 1 is 0.970 bits per heavy atom. The molecule has 0 saturated carbocycles. The molecule has 1 heterocycles. The fraction of sp³-hybridized carbons (Fsp3) is 0.222. The Balaban J connectivity index is 1.83. The largest absolute Gasteiger partial charge is 0.383 e. The third kappa shape index (κ3) is 4.86. The normalized spacial score (nSPS) is 11.9. The molecule has 0 aliphatic heterocycles. The maximum atomic E-state index is 13.6. The van der Waals surface area contributed by atoms with E-state index in [2.05, 4.69) is 0 Å². The lowest BCUT2D eigenvalue weighted by Crippen LogP contribution is -2.38. The number of carbonyl (C=O) groups excluding carboxylic acids is 1. The summed E-state index contributed by atoms with van der Waals surface area (Å²) >= 11 is 0. The summed E-state index contributed by atoms with van der Waals surface area (Å²) < 4.78 is 6.88. The Kier molecular flexibility index (Phi) is 6.95. The van der Waals surface area contributed by atoms with Crippen LogP contribution in [0.4, 0.5) is 0 Å². The molecule has 0 aliphatic rings. The Morgan fingerprint density at radius 3 is 2.30 bits per heavy atom. The summed E-state index contributed by atoms with van der Waals surface area (Å²) in [7, 11) is 1.60. The zero-order valence-electron chi connectivity index (χ0n) is 18.8. The molecular weight excluding hydrogens is 414 g/mol. The van der Waals surface area contributed by atoms with Crippen LogP contribution in [0.25, 0.3) is 10.9 Å². The number of amides is 1. The van der Waals surface area contributed by atoms with E-state index in [1.165, 1.54) is 0 Å². The molecule has 0 bridgehead atoms. The van der Waals surface area contributed by atoms with Gasteiger partial charge < -0.3 is 9.64 Å². The summed E-state index contributed by atoms with van der Waals surface area (Å²) in [6.45, 7) is 3.03. The maximum Gasteiger partial charge on any atom is 0.261 e. The number of methoxy groups -OCH3 is 1. The van der Waals surface area contributed by atoms with Crippen LogP contribution in [0.5, 0.6) is 0 Å². The monoisotopic (exact) mass is 441 g/mol. The standard InChI is InChI=1S/C27H27N3O3/c1-20(25-28-24-16-10-9-15-23(24)27(32)29(25)17-18-33-2)30(19-21-11-5-3-6-12-21)26(31)22-13-7-4-8-14-22/h3-16,20H,17-19H2,1-2H3. The molecule has 1 aromatic heterocycles. The number of para-hydroxylation sites is 1. The molecule has 0 fully saturated rings. The van der Waals surface area contributed by atoms with Crippen LogP contribution in [0.15, 0.2) is 89.7 Å². The summed E-state index contributed by atoms with van der Waals surface area (Å²) in [4.78, 5) is 33.6. The fourth-order valence-corrected chi connectivity index (χ4v) is 3.95. The SMILES string of the molecule is COCCn1c(C(C)N(Cc2ccccc2)C(=O)c2ccccc2)nc2ccccc2c1=O. The van der Waals surface area contributed by atoms with Gasteiger partial charge >= 0.3 is 0 Å². The van der Waals surface area contributed by atoms with E-state index in [4.69, 9.17) is 9.72 Å². The summed E-state index contributed by atoms with van der Waals surface area (Å²) in [5.41, 5.74) is 2.07. The number of carbonyl (C=O) groups is 1. The molecule has 6 nitrogen and oxygen atoms in total. The van der Waals surface area contributed by atoms with Crippen molar-refractivity contribution in [3.8, 4) is 0 Å². The predicted molar refractivity (Wildman–Crippen MR) is 129 cm³/mol. The van der Waals surface area contributed by atoms with E-state index in [1.54, 1.807) is 34.8 Å². The second-order valence-corrected chi connectivity index (χ2v) is 7.90. The number of nitrogens with zero attached hydrogens (tertiary/aromatic N) is 3. The smallest absolute Gasteiger partial charge is 0.261 e. The van der Waals surface area contributed by atoms with Crippen LogP contribution in [0.1, 0.15) is 34.7 Å². The predicted octanol–water partition coefficient (Wildman–Crippen LogP) is 4.45. The lowest BCUT2D eigenvalue weighted by atomic mass is 10.1. The number of hydrogen-bond acceptors (Lipinski definition) is 4. The van der Waals surface area contributed by atoms with Crippen molar-refractivity contribution in [3.63, 3.8) is 0 Å². The third-order valence-corrected chi connectivity index (χ3v) is 5.73. The van der Waals surface area contributed by atoms with Gasteiger partial charge in [-0.05, 0) is 36.8 Å². The van der Waals surface area contributed by atoms with Gasteiger partial charge in [-0.1, -0.05) is 60.7 Å². The van der Waals surface area contributed by atoms with Crippen LogP contribution in [-0.4, -0.2) is 34.1 Å². The number of aromatic nitrogens is 2. The molecule has 33 heavy (non-hydrogen) atoms. The first-order valence-corrected chi connectivity index (χ1v) is 11.0. The van der Waals surface area contributed by atoms with Crippen molar-refractivity contribution >= 4 is 16.8 Å². The average molecular weight is 442 g/mol. The van der Waals surface area contributed by atoms with Crippen molar-refractivity contribution < 1.29 is 9.53 Å². The van der Waals surface area contributed by atoms with Gasteiger partial charge in [0.2, 0.25) is 0 Å². The molecular formula is C27H27N3O3. The first-order chi connectivity index (χ1) is 16.1. The van der Waals surface area contributed by atoms with Gasteiger partial charge in [0.15, 0.2) is 0 Å². The number of benzene rings is 3. The molecule has 0 aliphatic carbocycles. The molecule has 1 atom stereocenters. The van der Waals surface area contributed by atoms with E-state index in [0.717, 1.165) is 5.56 Å². The van der Waals surface area contributed by atoms with Crippen LogP contribution in [0.2, 0.25) is 0 Å². The zero-order chi connectivity index (χ0) is 23.2. The highest BCUT2D eigenvalue weighted by Gasteiger charge is 2.27. The molecule has 0 N–H and O–H groups in total. The van der Waals surface area contributed by atoms with E-state index < -0.39 is 6.04 Å². The second kappa shape index (κ2) is 10.2. The van der Waals surface area contributed by atoms with Gasteiger partial charge in [0.25, 0.3) is 11.5 Å². The molecule has 0 saturated heterocycles. The lowest BCUT2D eigenvalue weighted by Gasteiger charge is -2.31. The van der Waals surface area contributed by atoms with Gasteiger partial charge in [-0.25, -0.2) is 4.98 Å². The summed E-state index contributed by atoms with van der Waals surface area (Å²) in [6.07, 6.45) is 0. The maximum absolute atomic E-state index is 13.6. The molecule has 4 rings (SSSR count). The minimum absolute atomic E-state index is 0.118. The van der Waals surface area contributed by atoms with E-state index in [0.29, 0.717) is 42.0 Å². The Hall–Kier alpha value is -3.77. The van der Waals surface area contributed by atoms with Crippen molar-refractivity contribution in [3.05, 3.63) is 112 Å². The van der Waals surface area contributed by atoms with Gasteiger partial charge in [0.1, 0.15) is 5.82 Å². The second-order valence-electron chi connectivity index (χ2n) is 7.90. The van der Waals surface area contributed by atoms with Crippen LogP contribution < -0.4 is 5.56 Å². The molecule has 0 spiro atoms. The van der Waals surface area contributed by atoms with Crippen molar-refractivity contribution in [2.75, 3.05) is 13.7 Å². The molecule has 3 aromatic carbocycles. The van der Waals surface area contributed by atoms with Crippen molar-refractivity contribution in [2.24, 2.45) is 0 Å². The van der Waals surface area contributed by atoms with Gasteiger partial charge in [0.05, 0.1) is 30.1 Å². The van der Waals surface area contributed by atoms with Crippen LogP contribution >= 0.6 is 0 Å². The summed E-state index contributed by atoms with van der Waals surface area (Å²) in [5, 5.41) is 0.550. The molecule has 4 aromatic rings. The first-order valence-electron chi connectivity index (χ1n) is 11.0. The number of rotatable bonds is 8. The quantitative estimate of drug-likeness (QED) is 0.405. The number of fused-ring (bicyclic) bond motifs is 1. The Bertz CT molecular complexity index is 1290. The molecule has 1 amide bonds. The van der Waals surface area contributed by atoms with Crippen LogP contribution in [-0.2, 0) is 17.8 Å². The van der Waals surface area contributed by atoms with Crippen molar-refractivity contribution in [2.45, 2.75) is 26.1 Å². The number of ether oxygens (including phenoxy) is 1. The van der Waals surface area contributed by atoms with Crippen LogP contribution in [0.3, 0.4) is 0 Å². The first kappa shape index (κ1) is 22.4. The fourth-order valence-electron chi connectivity index (χ4n) is 3.95. The number of hydrogen-bond donors (Lipinski definition) is 0. The zero-order valence-corrected chi connectivity index (χ0v) is 18.8. The highest BCUT2D eigenvalue weighted by molar-refractivity contribution is 5.94. The third-order valence-electron chi connectivity index (χ3n) is 5.73. The highest BCUT2D eigenvalue weighted by Crippen LogP contribution is 2.24. The van der Waals surface area contributed by atoms with Crippen molar-refractivity contribution in [1.29, 1.82) is 0 Å². The average Bonchev–Trinajstić information content (AvgIpc) is 2.87. The van der Waals surface area contributed by atoms with E-state index in [1.807, 2.05) is 73.7 Å². The van der Waals surface area contributed by atoms with Gasteiger partial charge in [-0.15, -0.1) is 0 Å². The van der Waals surface area contributed by atoms with Crippen LogP contribution in [0, 0.1) is 0 Å². The Labute approximate surface area is 193 Å². The van der Waals surface area contributed by atoms with Crippen molar-refractivity contribution in [1.82, 2.24) is 14.5 Å². The van der Waals surface area contributed by atoms with Gasteiger partial charge in [-0.2, -0.15) is 0 Å². The summed E-state index contributed by atoms with van der Waals surface area (Å²) in [5.74, 6) is 0.420. The summed E-state index contributed by atoms with van der Waals surface area (Å²) in [6, 6.07) is 25.9. The molecule has 168 valence electrons.